The molecule has 3 rings (SSSR count). The number of hydrogen-bond donors (Lipinski definition) is 0. The van der Waals surface area contributed by atoms with Gasteiger partial charge in [-0.2, -0.15) is 5.10 Å². The summed E-state index contributed by atoms with van der Waals surface area (Å²) in [6.45, 7) is 5.36. The van der Waals surface area contributed by atoms with Crippen molar-refractivity contribution in [3.63, 3.8) is 0 Å². The molecule has 2 aromatic rings. The molecule has 0 saturated carbocycles. The Morgan fingerprint density at radius 2 is 2.11 bits per heavy atom. The van der Waals surface area contributed by atoms with E-state index in [2.05, 4.69) is 25.5 Å². The second-order valence-corrected chi connectivity index (χ2v) is 7.04. The van der Waals surface area contributed by atoms with E-state index in [1.807, 2.05) is 31.8 Å². The third-order valence-corrected chi connectivity index (χ3v) is 4.98. The highest BCUT2D eigenvalue weighted by Gasteiger charge is 2.22. The van der Waals surface area contributed by atoms with Gasteiger partial charge in [0.25, 0.3) is 0 Å². The summed E-state index contributed by atoms with van der Waals surface area (Å²) >= 11 is 0. The molecule has 0 bridgehead atoms. The number of rotatable bonds is 8. The quantitative estimate of drug-likeness (QED) is 0.657. The maximum atomic E-state index is 12.5. The van der Waals surface area contributed by atoms with Crippen molar-refractivity contribution in [2.75, 3.05) is 40.4 Å². The topological polar surface area (TPSA) is 94.2 Å². The Balaban J connectivity index is 1.49. The largest absolute Gasteiger partial charge is 0.381 e. The first-order valence-corrected chi connectivity index (χ1v) is 9.33. The van der Waals surface area contributed by atoms with E-state index in [1.165, 1.54) is 0 Å². The predicted octanol–water partition coefficient (Wildman–Crippen LogP) is 0.373. The van der Waals surface area contributed by atoms with Crippen molar-refractivity contribution in [2.24, 2.45) is 0 Å². The zero-order valence-electron chi connectivity index (χ0n) is 16.2. The Kier molecular flexibility index (Phi) is 6.51. The van der Waals surface area contributed by atoms with E-state index >= 15 is 0 Å². The van der Waals surface area contributed by atoms with Crippen LogP contribution in [0, 0.1) is 0 Å². The molecule has 1 fully saturated rings. The van der Waals surface area contributed by atoms with Crippen LogP contribution in [0.25, 0.3) is 0 Å². The lowest BCUT2D eigenvalue weighted by Crippen LogP contribution is -2.38. The number of carbonyl (C=O) groups is 1. The molecule has 10 nitrogen and oxygen atoms in total. The molecule has 1 aliphatic rings. The lowest BCUT2D eigenvalue weighted by molar-refractivity contribution is -0.133. The van der Waals surface area contributed by atoms with Gasteiger partial charge in [0.2, 0.25) is 5.91 Å². The molecule has 1 unspecified atom stereocenters. The summed E-state index contributed by atoms with van der Waals surface area (Å²) in [6, 6.07) is 1.81. The summed E-state index contributed by atoms with van der Waals surface area (Å²) in [5.41, 5.74) is 0. The Bertz CT molecular complexity index is 710. The van der Waals surface area contributed by atoms with Crippen LogP contribution in [0.3, 0.4) is 0 Å². The van der Waals surface area contributed by atoms with Gasteiger partial charge in [-0.05, 0) is 43.3 Å². The smallest absolute Gasteiger partial charge is 0.246 e. The molecule has 10 heteroatoms. The van der Waals surface area contributed by atoms with Gasteiger partial charge in [-0.25, -0.2) is 4.68 Å². The highest BCUT2D eigenvalue weighted by Crippen LogP contribution is 2.20. The Morgan fingerprint density at radius 1 is 1.33 bits per heavy atom. The minimum Gasteiger partial charge on any atom is -0.381 e. The van der Waals surface area contributed by atoms with Gasteiger partial charge in [-0.3, -0.25) is 14.4 Å². The molecule has 1 saturated heterocycles. The fourth-order valence-corrected chi connectivity index (χ4v) is 3.22. The molecule has 0 radical (unpaired) electrons. The fraction of sp³-hybridized carbons (Fsp3) is 0.706. The number of tetrazole rings is 1. The third kappa shape index (κ3) is 4.89. The van der Waals surface area contributed by atoms with Crippen LogP contribution >= 0.6 is 0 Å². The molecule has 2 aromatic heterocycles. The second kappa shape index (κ2) is 9.05. The van der Waals surface area contributed by atoms with Crippen LogP contribution in [0.1, 0.15) is 37.7 Å². The molecule has 1 amide bonds. The Morgan fingerprint density at radius 3 is 2.81 bits per heavy atom. The van der Waals surface area contributed by atoms with Gasteiger partial charge in [0.1, 0.15) is 6.04 Å². The van der Waals surface area contributed by atoms with Crippen LogP contribution in [-0.2, 0) is 16.1 Å². The van der Waals surface area contributed by atoms with Crippen molar-refractivity contribution in [2.45, 2.75) is 38.4 Å². The summed E-state index contributed by atoms with van der Waals surface area (Å²) in [4.78, 5) is 16.4. The molecule has 1 atom stereocenters. The van der Waals surface area contributed by atoms with Crippen LogP contribution in [0.5, 0.6) is 0 Å². The monoisotopic (exact) mass is 376 g/mol. The maximum Gasteiger partial charge on any atom is 0.246 e. The molecule has 1 aliphatic heterocycles. The third-order valence-electron chi connectivity index (χ3n) is 4.98. The van der Waals surface area contributed by atoms with Crippen molar-refractivity contribution >= 4 is 5.91 Å². The van der Waals surface area contributed by atoms with Crippen molar-refractivity contribution < 1.29 is 9.53 Å². The second-order valence-electron chi connectivity index (χ2n) is 7.04. The highest BCUT2D eigenvalue weighted by molar-refractivity contribution is 5.79. The molecule has 148 valence electrons. The highest BCUT2D eigenvalue weighted by atomic mass is 16.5. The van der Waals surface area contributed by atoms with Crippen molar-refractivity contribution in [3.8, 4) is 0 Å². The molecular formula is C17H28N8O2. The number of carbonyl (C=O) groups excluding carboxylic acids is 1. The molecule has 0 aliphatic carbocycles. The van der Waals surface area contributed by atoms with E-state index in [-0.39, 0.29) is 11.9 Å². The normalized spacial score (nSPS) is 16.6. The van der Waals surface area contributed by atoms with E-state index < -0.39 is 0 Å². The lowest BCUT2D eigenvalue weighted by atomic mass is 10.1. The molecule has 27 heavy (non-hydrogen) atoms. The van der Waals surface area contributed by atoms with Crippen molar-refractivity contribution in [1.82, 2.24) is 39.8 Å². The van der Waals surface area contributed by atoms with Crippen LogP contribution in [0.2, 0.25) is 0 Å². The van der Waals surface area contributed by atoms with Gasteiger partial charge >= 0.3 is 0 Å². The minimum atomic E-state index is -0.309. The molecule has 0 N–H and O–H groups in total. The first-order chi connectivity index (χ1) is 13.1. The van der Waals surface area contributed by atoms with Gasteiger partial charge in [0.15, 0.2) is 5.82 Å². The van der Waals surface area contributed by atoms with Gasteiger partial charge in [0, 0.05) is 45.7 Å². The average molecular weight is 376 g/mol. The number of hydrogen-bond acceptors (Lipinski definition) is 7. The summed E-state index contributed by atoms with van der Waals surface area (Å²) in [5.74, 6) is 0.891. The van der Waals surface area contributed by atoms with E-state index in [9.17, 15) is 4.79 Å². The van der Waals surface area contributed by atoms with Gasteiger partial charge in [0.05, 0.1) is 12.6 Å². The zero-order valence-corrected chi connectivity index (χ0v) is 16.2. The SMILES string of the molecule is CC(C(=O)N(C)CCN(C)Cc1nnnn1C1CCOCC1)n1cccn1. The molecular weight excluding hydrogens is 348 g/mol. The Labute approximate surface area is 159 Å². The zero-order chi connectivity index (χ0) is 19.2. The Hall–Kier alpha value is -2.33. The minimum absolute atomic E-state index is 0.0409. The van der Waals surface area contributed by atoms with Crippen LogP contribution in [-0.4, -0.2) is 86.1 Å². The first kappa shape index (κ1) is 19.4. The summed E-state index contributed by atoms with van der Waals surface area (Å²) in [7, 11) is 3.83. The standard InChI is InChI=1S/C17H28N8O2/c1-14(24-8-4-7-18-24)17(26)23(3)10-9-22(2)13-16-19-20-21-25(16)15-5-11-27-12-6-15/h4,7-8,14-15H,5-6,9-13H2,1-3H3. The molecule has 0 spiro atoms. The van der Waals surface area contributed by atoms with E-state index in [0.717, 1.165) is 38.4 Å². The number of ether oxygens (including phenoxy) is 1. The van der Waals surface area contributed by atoms with Gasteiger partial charge in [-0.15, -0.1) is 5.10 Å². The van der Waals surface area contributed by atoms with Crippen LogP contribution < -0.4 is 0 Å². The number of nitrogens with zero attached hydrogens (tertiary/aromatic N) is 8. The fourth-order valence-electron chi connectivity index (χ4n) is 3.22. The van der Waals surface area contributed by atoms with E-state index in [1.54, 1.807) is 22.0 Å². The summed E-state index contributed by atoms with van der Waals surface area (Å²) in [6.07, 6.45) is 5.35. The van der Waals surface area contributed by atoms with Crippen molar-refractivity contribution in [1.29, 1.82) is 0 Å². The van der Waals surface area contributed by atoms with Crippen molar-refractivity contribution in [3.05, 3.63) is 24.3 Å². The first-order valence-electron chi connectivity index (χ1n) is 9.33. The van der Waals surface area contributed by atoms with E-state index in [0.29, 0.717) is 19.1 Å². The molecule has 3 heterocycles. The average Bonchev–Trinajstić information content (AvgIpc) is 3.37. The van der Waals surface area contributed by atoms with Gasteiger partial charge in [-0.1, -0.05) is 0 Å². The predicted molar refractivity (Wildman–Crippen MR) is 97.8 cm³/mol. The summed E-state index contributed by atoms with van der Waals surface area (Å²) < 4.78 is 9.01. The molecule has 0 aromatic carbocycles. The van der Waals surface area contributed by atoms with E-state index in [4.69, 9.17) is 4.74 Å². The number of amides is 1. The van der Waals surface area contributed by atoms with Gasteiger partial charge < -0.3 is 9.64 Å². The summed E-state index contributed by atoms with van der Waals surface area (Å²) in [5, 5.41) is 16.3. The number of likely N-dealkylation sites (N-methyl/N-ethyl adjacent to an activating group) is 2. The lowest BCUT2D eigenvalue weighted by Gasteiger charge is -2.26. The van der Waals surface area contributed by atoms with Crippen LogP contribution in [0.15, 0.2) is 18.5 Å². The number of aromatic nitrogens is 6. The van der Waals surface area contributed by atoms with Crippen LogP contribution in [0.4, 0.5) is 0 Å². The maximum absolute atomic E-state index is 12.5.